The maximum absolute atomic E-state index is 11.7. The largest absolute Gasteiger partial charge is 0.356 e. The third-order valence-electron chi connectivity index (χ3n) is 4.22. The van der Waals surface area contributed by atoms with Crippen molar-refractivity contribution in [3.05, 3.63) is 15.6 Å². The topological polar surface area (TPSA) is 69.6 Å². The predicted molar refractivity (Wildman–Crippen MR) is 120 cm³/mol. The third-order valence-corrected chi connectivity index (χ3v) is 5.43. The monoisotopic (exact) mass is 493 g/mol. The fourth-order valence-electron chi connectivity index (χ4n) is 2.65. The van der Waals surface area contributed by atoms with E-state index in [9.17, 15) is 4.79 Å². The van der Waals surface area contributed by atoms with Gasteiger partial charge in [-0.05, 0) is 32.1 Å². The van der Waals surface area contributed by atoms with Gasteiger partial charge < -0.3 is 15.5 Å². The van der Waals surface area contributed by atoms with Gasteiger partial charge in [0.25, 0.3) is 0 Å². The molecule has 0 saturated carbocycles. The number of aliphatic imine (C=N–C) groups is 1. The van der Waals surface area contributed by atoms with Crippen LogP contribution in [0.15, 0.2) is 4.99 Å². The zero-order valence-corrected chi connectivity index (χ0v) is 19.3. The van der Waals surface area contributed by atoms with Gasteiger partial charge in [0.2, 0.25) is 5.91 Å². The van der Waals surface area contributed by atoms with Gasteiger partial charge in [-0.2, -0.15) is 0 Å². The van der Waals surface area contributed by atoms with Gasteiger partial charge in [0.15, 0.2) is 5.96 Å². The number of rotatable bonds is 8. The minimum Gasteiger partial charge on any atom is -0.356 e. The number of amides is 1. The van der Waals surface area contributed by atoms with Crippen LogP contribution in [0.4, 0.5) is 0 Å². The standard InChI is InChI=1S/C18H31N5OS.HI/c1-4-5-11-19-18(21-13-17(24)23(2)3)20-12-10-16-22-14-8-6-7-9-15(14)25-16;/h4-13H2,1-3H3,(H2,19,20,21);1H. The summed E-state index contributed by atoms with van der Waals surface area (Å²) in [6, 6.07) is 0. The van der Waals surface area contributed by atoms with E-state index in [1.807, 2.05) is 11.3 Å². The molecule has 0 aromatic carbocycles. The van der Waals surface area contributed by atoms with E-state index in [0.717, 1.165) is 38.8 Å². The number of nitrogens with one attached hydrogen (secondary N) is 2. The summed E-state index contributed by atoms with van der Waals surface area (Å²) in [7, 11) is 3.50. The van der Waals surface area contributed by atoms with Crippen molar-refractivity contribution in [2.24, 2.45) is 4.99 Å². The number of hydrogen-bond donors (Lipinski definition) is 2. The SMILES string of the molecule is CCCCNC(=NCC(=O)N(C)C)NCCc1nc2c(s1)CCCC2.I. The average Bonchev–Trinajstić information content (AvgIpc) is 3.01. The molecular weight excluding hydrogens is 461 g/mol. The molecule has 1 aliphatic rings. The van der Waals surface area contributed by atoms with Gasteiger partial charge in [0.05, 0.1) is 10.7 Å². The highest BCUT2D eigenvalue weighted by Gasteiger charge is 2.14. The fraction of sp³-hybridized carbons (Fsp3) is 0.722. The van der Waals surface area contributed by atoms with E-state index in [0.29, 0.717) is 5.96 Å². The summed E-state index contributed by atoms with van der Waals surface area (Å²) in [6.45, 7) is 3.97. The summed E-state index contributed by atoms with van der Waals surface area (Å²) in [5, 5.41) is 7.84. The molecule has 1 aromatic rings. The van der Waals surface area contributed by atoms with E-state index in [-0.39, 0.29) is 36.4 Å². The Balaban J connectivity index is 0.00000338. The lowest BCUT2D eigenvalue weighted by atomic mass is 10.0. The van der Waals surface area contributed by atoms with E-state index < -0.39 is 0 Å². The van der Waals surface area contributed by atoms with Gasteiger partial charge in [0.1, 0.15) is 6.54 Å². The molecule has 0 unspecified atom stereocenters. The molecular formula is C18H32IN5OS. The zero-order valence-electron chi connectivity index (χ0n) is 16.1. The predicted octanol–water partition coefficient (Wildman–Crippen LogP) is 2.61. The first-order valence-corrected chi connectivity index (χ1v) is 10.1. The molecule has 1 aromatic heterocycles. The normalized spacial score (nSPS) is 13.6. The molecule has 1 heterocycles. The highest BCUT2D eigenvalue weighted by Crippen LogP contribution is 2.26. The highest BCUT2D eigenvalue weighted by molar-refractivity contribution is 14.0. The van der Waals surface area contributed by atoms with Crippen LogP contribution in [0.3, 0.4) is 0 Å². The molecule has 0 bridgehead atoms. The number of halogens is 1. The molecule has 26 heavy (non-hydrogen) atoms. The Morgan fingerprint density at radius 1 is 1.23 bits per heavy atom. The number of likely N-dealkylation sites (N-methyl/N-ethyl adjacent to an activating group) is 1. The molecule has 1 aliphatic carbocycles. The molecule has 2 N–H and O–H groups in total. The van der Waals surface area contributed by atoms with E-state index in [2.05, 4.69) is 22.5 Å². The Bertz CT molecular complexity index is 565. The van der Waals surface area contributed by atoms with Gasteiger partial charge >= 0.3 is 0 Å². The first kappa shape index (κ1) is 23.1. The molecule has 0 spiro atoms. The van der Waals surface area contributed by atoms with Crippen molar-refractivity contribution in [3.63, 3.8) is 0 Å². The number of nitrogens with zero attached hydrogens (tertiary/aromatic N) is 3. The maximum atomic E-state index is 11.7. The van der Waals surface area contributed by atoms with Gasteiger partial charge in [-0.15, -0.1) is 35.3 Å². The van der Waals surface area contributed by atoms with E-state index in [4.69, 9.17) is 4.98 Å². The Kier molecular flexibility index (Phi) is 11.1. The van der Waals surface area contributed by atoms with Crippen molar-refractivity contribution >= 4 is 47.2 Å². The van der Waals surface area contributed by atoms with E-state index in [1.54, 1.807) is 19.0 Å². The number of aryl methyl sites for hydroxylation is 2. The summed E-state index contributed by atoms with van der Waals surface area (Å²) in [4.78, 5) is 24.0. The lowest BCUT2D eigenvalue weighted by Crippen LogP contribution is -2.40. The van der Waals surface area contributed by atoms with Crippen molar-refractivity contribution in [2.45, 2.75) is 51.9 Å². The number of guanidine groups is 1. The van der Waals surface area contributed by atoms with Gasteiger partial charge in [-0.25, -0.2) is 9.98 Å². The van der Waals surface area contributed by atoms with Crippen LogP contribution in [0.2, 0.25) is 0 Å². The molecule has 0 saturated heterocycles. The second-order valence-corrected chi connectivity index (χ2v) is 7.76. The Morgan fingerprint density at radius 3 is 2.65 bits per heavy atom. The second kappa shape index (κ2) is 12.5. The van der Waals surface area contributed by atoms with Gasteiger partial charge in [0, 0.05) is 38.5 Å². The fourth-order valence-corrected chi connectivity index (χ4v) is 3.80. The summed E-state index contributed by atoms with van der Waals surface area (Å²) >= 11 is 1.86. The first-order chi connectivity index (χ1) is 12.1. The molecule has 1 amide bonds. The number of unbranched alkanes of at least 4 members (excludes halogenated alkanes) is 1. The first-order valence-electron chi connectivity index (χ1n) is 9.30. The minimum absolute atomic E-state index is 0. The van der Waals surface area contributed by atoms with Gasteiger partial charge in [-0.1, -0.05) is 13.3 Å². The lowest BCUT2D eigenvalue weighted by Gasteiger charge is -2.13. The minimum atomic E-state index is 0. The van der Waals surface area contributed by atoms with Crippen LogP contribution in [0.5, 0.6) is 0 Å². The number of hydrogen-bond acceptors (Lipinski definition) is 4. The smallest absolute Gasteiger partial charge is 0.243 e. The summed E-state index contributed by atoms with van der Waals surface area (Å²) in [5.74, 6) is 0.717. The second-order valence-electron chi connectivity index (χ2n) is 6.59. The summed E-state index contributed by atoms with van der Waals surface area (Å²) in [6.07, 6.45) is 8.00. The quantitative estimate of drug-likeness (QED) is 0.253. The van der Waals surface area contributed by atoms with Crippen LogP contribution in [-0.4, -0.2) is 55.5 Å². The maximum Gasteiger partial charge on any atom is 0.243 e. The summed E-state index contributed by atoms with van der Waals surface area (Å²) in [5.41, 5.74) is 1.32. The Labute approximate surface area is 178 Å². The van der Waals surface area contributed by atoms with Crippen LogP contribution in [0.1, 0.15) is 48.2 Å². The van der Waals surface area contributed by atoms with E-state index >= 15 is 0 Å². The van der Waals surface area contributed by atoms with Crippen molar-refractivity contribution in [1.82, 2.24) is 20.5 Å². The third kappa shape index (κ3) is 7.77. The zero-order chi connectivity index (χ0) is 18.1. The Morgan fingerprint density at radius 2 is 1.96 bits per heavy atom. The molecule has 0 fully saturated rings. The molecule has 8 heteroatoms. The molecule has 148 valence electrons. The van der Waals surface area contributed by atoms with E-state index in [1.165, 1.54) is 34.8 Å². The van der Waals surface area contributed by atoms with Crippen LogP contribution in [0.25, 0.3) is 0 Å². The number of aromatic nitrogens is 1. The molecule has 0 aliphatic heterocycles. The average molecular weight is 493 g/mol. The number of carbonyl (C=O) groups is 1. The molecule has 0 atom stereocenters. The number of thiazole rings is 1. The van der Waals surface area contributed by atoms with Crippen molar-refractivity contribution < 1.29 is 4.79 Å². The van der Waals surface area contributed by atoms with Crippen LogP contribution in [-0.2, 0) is 24.1 Å². The molecule has 6 nitrogen and oxygen atoms in total. The lowest BCUT2D eigenvalue weighted by molar-refractivity contribution is -0.127. The number of carbonyl (C=O) groups excluding carboxylic acids is 1. The van der Waals surface area contributed by atoms with Crippen LogP contribution >= 0.6 is 35.3 Å². The number of fused-ring (bicyclic) bond motifs is 1. The van der Waals surface area contributed by atoms with Crippen molar-refractivity contribution in [2.75, 3.05) is 33.7 Å². The summed E-state index contributed by atoms with van der Waals surface area (Å²) < 4.78 is 0. The van der Waals surface area contributed by atoms with Gasteiger partial charge in [-0.3, -0.25) is 4.79 Å². The van der Waals surface area contributed by atoms with Crippen LogP contribution in [0, 0.1) is 0 Å². The Hall–Kier alpha value is -0.900. The highest BCUT2D eigenvalue weighted by atomic mass is 127. The van der Waals surface area contributed by atoms with Crippen LogP contribution < -0.4 is 10.6 Å². The van der Waals surface area contributed by atoms with Crippen molar-refractivity contribution in [3.8, 4) is 0 Å². The van der Waals surface area contributed by atoms with Crippen molar-refractivity contribution in [1.29, 1.82) is 0 Å². The molecule has 0 radical (unpaired) electrons. The molecule has 2 rings (SSSR count).